The van der Waals surface area contributed by atoms with Crippen molar-refractivity contribution in [3.05, 3.63) is 59.7 Å². The topological polar surface area (TPSA) is 9.23 Å². The van der Waals surface area contributed by atoms with Crippen molar-refractivity contribution in [1.29, 1.82) is 0 Å². The number of rotatable bonds is 4. The minimum atomic E-state index is 0.0516. The molecule has 1 aliphatic carbocycles. The van der Waals surface area contributed by atoms with Gasteiger partial charge >= 0.3 is 0 Å². The van der Waals surface area contributed by atoms with Crippen LogP contribution in [0.3, 0.4) is 0 Å². The lowest BCUT2D eigenvalue weighted by atomic mass is 9.83. The van der Waals surface area contributed by atoms with E-state index in [1.165, 1.54) is 0 Å². The minimum absolute atomic E-state index is 0.0516. The van der Waals surface area contributed by atoms with Gasteiger partial charge in [0.15, 0.2) is 0 Å². The number of terminal acetylenes is 1. The summed E-state index contributed by atoms with van der Waals surface area (Å²) in [5, 5.41) is 0. The van der Waals surface area contributed by atoms with Crippen molar-refractivity contribution in [2.45, 2.75) is 33.3 Å². The summed E-state index contributed by atoms with van der Waals surface area (Å²) in [5.74, 6) is 3.56. The molecule has 1 aromatic rings. The highest BCUT2D eigenvalue weighted by molar-refractivity contribution is 5.61. The van der Waals surface area contributed by atoms with Crippen LogP contribution in [0.25, 0.3) is 6.08 Å². The summed E-state index contributed by atoms with van der Waals surface area (Å²) in [4.78, 5) is 0. The van der Waals surface area contributed by atoms with Gasteiger partial charge in [0.05, 0.1) is 6.10 Å². The first-order valence-corrected chi connectivity index (χ1v) is 7.33. The number of hydrogen-bond acceptors (Lipinski definition) is 1. The van der Waals surface area contributed by atoms with E-state index in [-0.39, 0.29) is 11.5 Å². The summed E-state index contributed by atoms with van der Waals surface area (Å²) in [6.07, 6.45) is 19.6. The Morgan fingerprint density at radius 2 is 2.14 bits per heavy atom. The van der Waals surface area contributed by atoms with Gasteiger partial charge in [0, 0.05) is 16.5 Å². The molecule has 21 heavy (non-hydrogen) atoms. The molecule has 0 spiro atoms. The van der Waals surface area contributed by atoms with Crippen molar-refractivity contribution in [2.24, 2.45) is 5.41 Å². The summed E-state index contributed by atoms with van der Waals surface area (Å²) in [7, 11) is 0. The Morgan fingerprint density at radius 3 is 2.76 bits per heavy atom. The fourth-order valence-corrected chi connectivity index (χ4v) is 2.28. The van der Waals surface area contributed by atoms with Gasteiger partial charge < -0.3 is 4.74 Å². The normalized spacial score (nSPS) is 20.9. The SMILES string of the molecule is C#Cc1ccc(OC(C)C)c(C=CC2(C)C=CC=CC2)c1. The maximum absolute atomic E-state index is 5.87. The van der Waals surface area contributed by atoms with E-state index in [0.717, 1.165) is 23.3 Å². The molecule has 1 heteroatoms. The van der Waals surface area contributed by atoms with Crippen LogP contribution >= 0.6 is 0 Å². The van der Waals surface area contributed by atoms with Crippen molar-refractivity contribution >= 4 is 6.08 Å². The molecule has 108 valence electrons. The molecule has 1 unspecified atom stereocenters. The van der Waals surface area contributed by atoms with Crippen molar-refractivity contribution in [3.8, 4) is 18.1 Å². The van der Waals surface area contributed by atoms with E-state index in [4.69, 9.17) is 11.2 Å². The molecule has 0 fully saturated rings. The monoisotopic (exact) mass is 278 g/mol. The number of benzene rings is 1. The molecular weight excluding hydrogens is 256 g/mol. The molecule has 1 aromatic carbocycles. The third-order valence-electron chi connectivity index (χ3n) is 3.46. The summed E-state index contributed by atoms with van der Waals surface area (Å²) in [6, 6.07) is 5.87. The van der Waals surface area contributed by atoms with Gasteiger partial charge in [-0.15, -0.1) is 6.42 Å². The quantitative estimate of drug-likeness (QED) is 0.705. The van der Waals surface area contributed by atoms with Crippen LogP contribution in [-0.4, -0.2) is 6.10 Å². The van der Waals surface area contributed by atoms with E-state index in [1.54, 1.807) is 0 Å². The fourth-order valence-electron chi connectivity index (χ4n) is 2.28. The van der Waals surface area contributed by atoms with Gasteiger partial charge in [-0.1, -0.05) is 49.3 Å². The second-order valence-electron chi connectivity index (χ2n) is 5.89. The van der Waals surface area contributed by atoms with E-state index < -0.39 is 0 Å². The Hall–Kier alpha value is -2.20. The zero-order chi connectivity index (χ0) is 15.3. The zero-order valence-electron chi connectivity index (χ0n) is 13.0. The van der Waals surface area contributed by atoms with Crippen molar-refractivity contribution in [3.63, 3.8) is 0 Å². The van der Waals surface area contributed by atoms with E-state index in [9.17, 15) is 0 Å². The lowest BCUT2D eigenvalue weighted by Crippen LogP contribution is -2.10. The smallest absolute Gasteiger partial charge is 0.126 e. The average Bonchev–Trinajstić information content (AvgIpc) is 2.46. The molecule has 0 radical (unpaired) electrons. The first-order chi connectivity index (χ1) is 10.0. The van der Waals surface area contributed by atoms with E-state index in [0.29, 0.717) is 0 Å². The largest absolute Gasteiger partial charge is 0.490 e. The van der Waals surface area contributed by atoms with Crippen LogP contribution in [0, 0.1) is 17.8 Å². The first-order valence-electron chi connectivity index (χ1n) is 7.33. The lowest BCUT2D eigenvalue weighted by molar-refractivity contribution is 0.242. The number of allylic oxidation sites excluding steroid dienone is 5. The van der Waals surface area contributed by atoms with Gasteiger partial charge in [-0.2, -0.15) is 0 Å². The Kier molecular flexibility index (Phi) is 4.70. The molecule has 0 bridgehead atoms. The van der Waals surface area contributed by atoms with Crippen LogP contribution in [0.2, 0.25) is 0 Å². The highest BCUT2D eigenvalue weighted by atomic mass is 16.5. The van der Waals surface area contributed by atoms with Gasteiger partial charge in [0.2, 0.25) is 0 Å². The van der Waals surface area contributed by atoms with Crippen LogP contribution in [0.4, 0.5) is 0 Å². The van der Waals surface area contributed by atoms with E-state index in [1.807, 2.05) is 32.0 Å². The third-order valence-corrected chi connectivity index (χ3v) is 3.46. The summed E-state index contributed by atoms with van der Waals surface area (Å²) < 4.78 is 5.87. The maximum atomic E-state index is 5.87. The highest BCUT2D eigenvalue weighted by Gasteiger charge is 2.17. The van der Waals surface area contributed by atoms with Crippen molar-refractivity contribution in [1.82, 2.24) is 0 Å². The van der Waals surface area contributed by atoms with Gasteiger partial charge in [0.25, 0.3) is 0 Å². The summed E-state index contributed by atoms with van der Waals surface area (Å²) >= 11 is 0. The van der Waals surface area contributed by atoms with Crippen LogP contribution in [0.15, 0.2) is 48.6 Å². The molecule has 0 saturated carbocycles. The predicted molar refractivity (Wildman–Crippen MR) is 90.2 cm³/mol. The Labute approximate surface area is 128 Å². The summed E-state index contributed by atoms with van der Waals surface area (Å²) in [5.41, 5.74) is 1.95. The predicted octanol–water partition coefficient (Wildman–Crippen LogP) is 4.99. The number of ether oxygens (including phenoxy) is 1. The molecule has 0 aliphatic heterocycles. The molecular formula is C20H22O. The number of hydrogen-bond donors (Lipinski definition) is 0. The van der Waals surface area contributed by atoms with E-state index >= 15 is 0 Å². The van der Waals surface area contributed by atoms with Crippen molar-refractivity contribution < 1.29 is 4.74 Å². The van der Waals surface area contributed by atoms with Crippen LogP contribution in [0.5, 0.6) is 5.75 Å². The molecule has 1 aliphatic rings. The summed E-state index contributed by atoms with van der Waals surface area (Å²) in [6.45, 7) is 6.27. The third kappa shape index (κ3) is 4.13. The lowest BCUT2D eigenvalue weighted by Gasteiger charge is -2.22. The zero-order valence-corrected chi connectivity index (χ0v) is 13.0. The average molecular weight is 278 g/mol. The second kappa shape index (κ2) is 6.50. The van der Waals surface area contributed by atoms with Crippen molar-refractivity contribution in [2.75, 3.05) is 0 Å². The maximum Gasteiger partial charge on any atom is 0.126 e. The molecule has 1 atom stereocenters. The molecule has 0 aromatic heterocycles. The van der Waals surface area contributed by atoms with Gasteiger partial charge in [-0.3, -0.25) is 0 Å². The molecule has 0 amide bonds. The first kappa shape index (κ1) is 15.2. The van der Waals surface area contributed by atoms with Gasteiger partial charge in [0.1, 0.15) is 5.75 Å². The molecule has 0 heterocycles. The Bertz CT molecular complexity index is 626. The Morgan fingerprint density at radius 1 is 1.33 bits per heavy atom. The minimum Gasteiger partial charge on any atom is -0.490 e. The Balaban J connectivity index is 2.30. The molecule has 0 saturated heterocycles. The standard InChI is InChI=1S/C20H22O/c1-5-17-9-10-19(21-16(2)3)18(15-17)11-14-20(4)12-7-6-8-13-20/h1,6-12,14-16H,13H2,2-4H3. The van der Waals surface area contributed by atoms with Crippen LogP contribution in [0.1, 0.15) is 38.3 Å². The molecule has 0 N–H and O–H groups in total. The van der Waals surface area contributed by atoms with E-state index in [2.05, 4.69) is 49.3 Å². The fraction of sp³-hybridized carbons (Fsp3) is 0.300. The second-order valence-corrected chi connectivity index (χ2v) is 5.89. The van der Waals surface area contributed by atoms with Gasteiger partial charge in [-0.05, 0) is 38.5 Å². The van der Waals surface area contributed by atoms with Gasteiger partial charge in [-0.25, -0.2) is 0 Å². The van der Waals surface area contributed by atoms with Crippen LogP contribution in [-0.2, 0) is 0 Å². The molecule has 2 rings (SSSR count). The highest BCUT2D eigenvalue weighted by Crippen LogP contribution is 2.31. The molecule has 1 nitrogen and oxygen atoms in total. The van der Waals surface area contributed by atoms with Crippen LogP contribution < -0.4 is 4.74 Å².